The van der Waals surface area contributed by atoms with Crippen LogP contribution in [0.25, 0.3) is 0 Å². The average molecular weight is 490 g/mol. The summed E-state index contributed by atoms with van der Waals surface area (Å²) in [7, 11) is 2.15. The smallest absolute Gasteiger partial charge is 0.256 e. The van der Waals surface area contributed by atoms with Gasteiger partial charge in [0.1, 0.15) is 6.04 Å². The van der Waals surface area contributed by atoms with E-state index in [9.17, 15) is 14.4 Å². The molecule has 3 aliphatic rings. The van der Waals surface area contributed by atoms with E-state index in [2.05, 4.69) is 22.2 Å². The topological polar surface area (TPSA) is 76.2 Å². The van der Waals surface area contributed by atoms with Crippen LogP contribution in [-0.4, -0.2) is 91.3 Å². The van der Waals surface area contributed by atoms with Crippen molar-refractivity contribution in [1.82, 2.24) is 20.0 Å². The van der Waals surface area contributed by atoms with Crippen LogP contribution in [0, 0.1) is 0 Å². The second kappa shape index (κ2) is 10.8. The van der Waals surface area contributed by atoms with Crippen molar-refractivity contribution in [3.63, 3.8) is 0 Å². The maximum atomic E-state index is 13.6. The molecular formula is C28H35N5O3. The van der Waals surface area contributed by atoms with E-state index in [1.54, 1.807) is 15.9 Å². The Kier molecular flexibility index (Phi) is 7.34. The van der Waals surface area contributed by atoms with Gasteiger partial charge in [-0.3, -0.25) is 14.4 Å². The highest BCUT2D eigenvalue weighted by atomic mass is 16.2. The van der Waals surface area contributed by atoms with E-state index in [1.807, 2.05) is 42.5 Å². The number of fused-ring (bicyclic) bond motifs is 2. The Labute approximate surface area is 212 Å². The molecule has 0 spiro atoms. The molecule has 2 aromatic rings. The number of benzene rings is 2. The molecule has 0 radical (unpaired) electrons. The Morgan fingerprint density at radius 3 is 2.56 bits per heavy atom. The minimum Gasteiger partial charge on any atom is -0.352 e. The van der Waals surface area contributed by atoms with Gasteiger partial charge < -0.3 is 24.9 Å². The molecule has 8 heteroatoms. The van der Waals surface area contributed by atoms with Crippen LogP contribution in [0.1, 0.15) is 45.5 Å². The normalized spacial score (nSPS) is 20.8. The number of piperazine rings is 1. The Morgan fingerprint density at radius 1 is 0.972 bits per heavy atom. The van der Waals surface area contributed by atoms with Crippen molar-refractivity contribution in [3.05, 3.63) is 65.2 Å². The van der Waals surface area contributed by atoms with Gasteiger partial charge in [0.15, 0.2) is 0 Å². The predicted molar refractivity (Wildman–Crippen MR) is 139 cm³/mol. The van der Waals surface area contributed by atoms with Crippen LogP contribution >= 0.6 is 0 Å². The zero-order chi connectivity index (χ0) is 25.1. The lowest BCUT2D eigenvalue weighted by Gasteiger charge is -2.32. The molecule has 1 atom stereocenters. The largest absolute Gasteiger partial charge is 0.352 e. The van der Waals surface area contributed by atoms with Gasteiger partial charge in [0.05, 0.1) is 17.8 Å². The third kappa shape index (κ3) is 5.01. The van der Waals surface area contributed by atoms with E-state index in [-0.39, 0.29) is 24.3 Å². The zero-order valence-electron chi connectivity index (χ0n) is 21.0. The van der Waals surface area contributed by atoms with Crippen LogP contribution < -0.4 is 10.2 Å². The Bertz CT molecular complexity index is 1130. The van der Waals surface area contributed by atoms with Crippen molar-refractivity contribution in [2.75, 3.05) is 57.8 Å². The van der Waals surface area contributed by atoms with Crippen LogP contribution in [0.3, 0.4) is 0 Å². The number of hydrogen-bond donors (Lipinski definition) is 1. The van der Waals surface area contributed by atoms with Crippen molar-refractivity contribution in [2.24, 2.45) is 0 Å². The molecule has 2 fully saturated rings. The van der Waals surface area contributed by atoms with Gasteiger partial charge in [-0.15, -0.1) is 0 Å². The van der Waals surface area contributed by atoms with Crippen molar-refractivity contribution < 1.29 is 14.4 Å². The highest BCUT2D eigenvalue weighted by molar-refractivity contribution is 6.11. The molecule has 3 amide bonds. The number of nitrogens with zero attached hydrogens (tertiary/aromatic N) is 4. The van der Waals surface area contributed by atoms with E-state index in [1.165, 1.54) is 0 Å². The van der Waals surface area contributed by atoms with Gasteiger partial charge in [-0.1, -0.05) is 30.3 Å². The van der Waals surface area contributed by atoms with Crippen molar-refractivity contribution >= 4 is 23.4 Å². The molecule has 2 saturated heterocycles. The molecule has 5 rings (SSSR count). The van der Waals surface area contributed by atoms with E-state index in [0.717, 1.165) is 51.1 Å². The van der Waals surface area contributed by atoms with Crippen molar-refractivity contribution in [1.29, 1.82) is 0 Å². The SMILES string of the molecule is CN1CCN(CCCNC(=O)c2ccccc2CN2C(=O)[C@H]3CCCN3C(=O)c3ccccc32)CC1. The number of carbonyl (C=O) groups is 3. The average Bonchev–Trinajstić information content (AvgIpc) is 3.38. The summed E-state index contributed by atoms with van der Waals surface area (Å²) in [6.45, 7) is 6.74. The van der Waals surface area contributed by atoms with Gasteiger partial charge in [0, 0.05) is 44.8 Å². The number of rotatable bonds is 7. The minimum atomic E-state index is -0.444. The van der Waals surface area contributed by atoms with E-state index < -0.39 is 6.04 Å². The summed E-state index contributed by atoms with van der Waals surface area (Å²) < 4.78 is 0. The summed E-state index contributed by atoms with van der Waals surface area (Å²) in [5.41, 5.74) is 2.50. The fraction of sp³-hybridized carbons (Fsp3) is 0.464. The van der Waals surface area contributed by atoms with Crippen molar-refractivity contribution in [2.45, 2.75) is 31.8 Å². The Balaban J connectivity index is 1.29. The van der Waals surface area contributed by atoms with Crippen LogP contribution in [0.4, 0.5) is 5.69 Å². The molecule has 0 aromatic heterocycles. The maximum Gasteiger partial charge on any atom is 0.256 e. The molecule has 0 unspecified atom stereocenters. The first-order valence-corrected chi connectivity index (χ1v) is 13.0. The van der Waals surface area contributed by atoms with Crippen LogP contribution in [-0.2, 0) is 11.3 Å². The fourth-order valence-corrected chi connectivity index (χ4v) is 5.49. The summed E-state index contributed by atoms with van der Waals surface area (Å²) in [4.78, 5) is 48.1. The molecule has 0 aliphatic carbocycles. The monoisotopic (exact) mass is 489 g/mol. The molecule has 3 heterocycles. The Hall–Kier alpha value is -3.23. The summed E-state index contributed by atoms with van der Waals surface area (Å²) in [5, 5.41) is 3.07. The summed E-state index contributed by atoms with van der Waals surface area (Å²) in [5.74, 6) is -0.290. The van der Waals surface area contributed by atoms with Gasteiger partial charge in [0.2, 0.25) is 5.91 Å². The highest BCUT2D eigenvalue weighted by Gasteiger charge is 2.42. The predicted octanol–water partition coefficient (Wildman–Crippen LogP) is 2.21. The minimum absolute atomic E-state index is 0.0758. The molecule has 0 saturated carbocycles. The first kappa shape index (κ1) is 24.5. The number of nitrogens with one attached hydrogen (secondary N) is 1. The van der Waals surface area contributed by atoms with Crippen LogP contribution in [0.5, 0.6) is 0 Å². The van der Waals surface area contributed by atoms with Gasteiger partial charge >= 0.3 is 0 Å². The summed E-state index contributed by atoms with van der Waals surface area (Å²) in [6.07, 6.45) is 2.39. The second-order valence-corrected chi connectivity index (χ2v) is 10.0. The highest BCUT2D eigenvalue weighted by Crippen LogP contribution is 2.33. The number of anilines is 1. The molecule has 0 bridgehead atoms. The van der Waals surface area contributed by atoms with Gasteiger partial charge in [0.25, 0.3) is 11.8 Å². The van der Waals surface area contributed by atoms with Gasteiger partial charge in [-0.05, 0) is 56.6 Å². The number of para-hydroxylation sites is 1. The molecule has 2 aromatic carbocycles. The van der Waals surface area contributed by atoms with Crippen molar-refractivity contribution in [3.8, 4) is 0 Å². The van der Waals surface area contributed by atoms with E-state index in [4.69, 9.17) is 0 Å². The number of amides is 3. The first-order chi connectivity index (χ1) is 17.5. The molecule has 190 valence electrons. The third-order valence-corrected chi connectivity index (χ3v) is 7.61. The lowest BCUT2D eigenvalue weighted by Crippen LogP contribution is -2.45. The Morgan fingerprint density at radius 2 is 1.72 bits per heavy atom. The van der Waals surface area contributed by atoms with Gasteiger partial charge in [-0.25, -0.2) is 0 Å². The van der Waals surface area contributed by atoms with E-state index >= 15 is 0 Å². The fourth-order valence-electron chi connectivity index (χ4n) is 5.49. The molecule has 3 aliphatic heterocycles. The quantitative estimate of drug-likeness (QED) is 0.604. The number of hydrogen-bond acceptors (Lipinski definition) is 5. The third-order valence-electron chi connectivity index (χ3n) is 7.61. The number of carbonyl (C=O) groups excluding carboxylic acids is 3. The van der Waals surface area contributed by atoms with Crippen LogP contribution in [0.2, 0.25) is 0 Å². The molecular weight excluding hydrogens is 454 g/mol. The number of likely N-dealkylation sites (N-methyl/N-ethyl adjacent to an activating group) is 1. The molecule has 8 nitrogen and oxygen atoms in total. The summed E-state index contributed by atoms with van der Waals surface area (Å²) in [6, 6.07) is 14.3. The molecule has 36 heavy (non-hydrogen) atoms. The lowest BCUT2D eigenvalue weighted by atomic mass is 10.0. The first-order valence-electron chi connectivity index (χ1n) is 13.0. The molecule has 1 N–H and O–H groups in total. The van der Waals surface area contributed by atoms with E-state index in [0.29, 0.717) is 36.3 Å². The second-order valence-electron chi connectivity index (χ2n) is 10.0. The van der Waals surface area contributed by atoms with Gasteiger partial charge in [-0.2, -0.15) is 0 Å². The standard InChI is InChI=1S/C28H35N5O3/c1-30-16-18-31(19-17-30)14-7-13-29-26(34)22-9-3-2-8-21(22)20-33-24-11-5-4-10-23(24)27(35)32-15-6-12-25(32)28(33)36/h2-5,8-11,25H,6-7,12-20H2,1H3,(H,29,34)/t25-/m1/s1. The zero-order valence-corrected chi connectivity index (χ0v) is 21.0. The lowest BCUT2D eigenvalue weighted by molar-refractivity contribution is -0.122. The summed E-state index contributed by atoms with van der Waals surface area (Å²) >= 11 is 0. The maximum absolute atomic E-state index is 13.6. The van der Waals surface area contributed by atoms with Crippen LogP contribution in [0.15, 0.2) is 48.5 Å².